The summed E-state index contributed by atoms with van der Waals surface area (Å²) < 4.78 is 0. The first kappa shape index (κ1) is 19.6. The van der Waals surface area contributed by atoms with Crippen LogP contribution in [0.4, 0.5) is 5.69 Å². The standard InChI is InChI=1S/C18H23N.C5H6/c1-5-9-16(6-2)19(4)18-13-12-15-10-7-8-11-17(15)14(18)3;1-3-5-4-2/h6-8,10-13H,5,9H2,1-4H3;1,4-5H,2H3/b16-6+;5-4-. The van der Waals surface area contributed by atoms with Crippen molar-refractivity contribution < 1.29 is 0 Å². The summed E-state index contributed by atoms with van der Waals surface area (Å²) in [5.41, 5.74) is 4.05. The van der Waals surface area contributed by atoms with Crippen molar-refractivity contribution in [1.29, 1.82) is 0 Å². The fourth-order valence-electron chi connectivity index (χ4n) is 2.79. The van der Waals surface area contributed by atoms with Crippen LogP contribution in [-0.2, 0) is 0 Å². The lowest BCUT2D eigenvalue weighted by Crippen LogP contribution is -2.17. The van der Waals surface area contributed by atoms with Gasteiger partial charge in [0.15, 0.2) is 0 Å². The first-order valence-electron chi connectivity index (χ1n) is 8.55. The number of fused-ring (bicyclic) bond motifs is 1. The Morgan fingerprint density at radius 3 is 2.42 bits per heavy atom. The van der Waals surface area contributed by atoms with Gasteiger partial charge in [-0.1, -0.05) is 61.7 Å². The molecule has 1 heteroatoms. The van der Waals surface area contributed by atoms with Crippen LogP contribution in [0.3, 0.4) is 0 Å². The van der Waals surface area contributed by atoms with Crippen LogP contribution in [0.1, 0.15) is 39.2 Å². The second kappa shape index (κ2) is 10.3. The Hall–Kier alpha value is -2.46. The Morgan fingerprint density at radius 2 is 1.88 bits per heavy atom. The summed E-state index contributed by atoms with van der Waals surface area (Å²) in [6.07, 6.45) is 12.8. The van der Waals surface area contributed by atoms with Gasteiger partial charge in [-0.25, -0.2) is 0 Å². The maximum absolute atomic E-state index is 4.80. The summed E-state index contributed by atoms with van der Waals surface area (Å²) in [7, 11) is 2.17. The van der Waals surface area contributed by atoms with E-state index in [1.807, 2.05) is 13.0 Å². The zero-order chi connectivity index (χ0) is 17.9. The van der Waals surface area contributed by atoms with E-state index < -0.39 is 0 Å². The average Bonchev–Trinajstić information content (AvgIpc) is 2.61. The summed E-state index contributed by atoms with van der Waals surface area (Å²) >= 11 is 0. The summed E-state index contributed by atoms with van der Waals surface area (Å²) in [6.45, 7) is 8.45. The van der Waals surface area contributed by atoms with Crippen LogP contribution in [0, 0.1) is 19.3 Å². The molecule has 0 spiro atoms. The summed E-state index contributed by atoms with van der Waals surface area (Å²) in [6, 6.07) is 13.0. The molecule has 2 rings (SSSR count). The van der Waals surface area contributed by atoms with Gasteiger partial charge in [0.05, 0.1) is 0 Å². The minimum Gasteiger partial charge on any atom is -0.348 e. The maximum Gasteiger partial charge on any atom is 0.0441 e. The van der Waals surface area contributed by atoms with E-state index in [4.69, 9.17) is 6.42 Å². The molecule has 0 saturated carbocycles. The summed E-state index contributed by atoms with van der Waals surface area (Å²) in [5, 5.41) is 2.66. The molecule has 0 radical (unpaired) electrons. The molecule has 0 saturated heterocycles. The Balaban J connectivity index is 0.000000505. The molecule has 1 nitrogen and oxygen atoms in total. The first-order chi connectivity index (χ1) is 11.6. The van der Waals surface area contributed by atoms with Crippen molar-refractivity contribution in [2.24, 2.45) is 0 Å². The molecule has 0 bridgehead atoms. The second-order valence-electron chi connectivity index (χ2n) is 5.69. The van der Waals surface area contributed by atoms with Crippen LogP contribution in [0.25, 0.3) is 10.8 Å². The van der Waals surface area contributed by atoms with Crippen LogP contribution in [0.15, 0.2) is 60.3 Å². The molecule has 2 aromatic rings. The molecule has 0 fully saturated rings. The van der Waals surface area contributed by atoms with E-state index in [0.29, 0.717) is 0 Å². The molecule has 2 aromatic carbocycles. The normalized spacial score (nSPS) is 11.1. The highest BCUT2D eigenvalue weighted by atomic mass is 15.1. The van der Waals surface area contributed by atoms with Gasteiger partial charge in [0.25, 0.3) is 0 Å². The van der Waals surface area contributed by atoms with E-state index in [9.17, 15) is 0 Å². The Morgan fingerprint density at radius 1 is 1.17 bits per heavy atom. The first-order valence-corrected chi connectivity index (χ1v) is 8.55. The van der Waals surface area contributed by atoms with Crippen molar-refractivity contribution in [3.63, 3.8) is 0 Å². The Kier molecular flexibility index (Phi) is 8.44. The van der Waals surface area contributed by atoms with Gasteiger partial charge in [-0.2, -0.15) is 0 Å². The highest BCUT2D eigenvalue weighted by Gasteiger charge is 2.10. The number of rotatable bonds is 4. The number of nitrogens with zero attached hydrogens (tertiary/aromatic N) is 1. The van der Waals surface area contributed by atoms with E-state index in [0.717, 1.165) is 6.42 Å². The maximum atomic E-state index is 4.80. The minimum atomic E-state index is 1.12. The predicted octanol–water partition coefficient (Wildman–Crippen LogP) is 6.48. The highest BCUT2D eigenvalue weighted by molar-refractivity contribution is 5.90. The quantitative estimate of drug-likeness (QED) is 0.583. The fourth-order valence-corrected chi connectivity index (χ4v) is 2.79. The third-order valence-corrected chi connectivity index (χ3v) is 4.06. The van der Waals surface area contributed by atoms with Crippen molar-refractivity contribution >= 4 is 16.5 Å². The third kappa shape index (κ3) is 5.03. The number of anilines is 1. The number of allylic oxidation sites excluding steroid dienone is 4. The van der Waals surface area contributed by atoms with Crippen LogP contribution in [0.5, 0.6) is 0 Å². The summed E-state index contributed by atoms with van der Waals surface area (Å²) in [5.74, 6) is 2.34. The van der Waals surface area contributed by atoms with Gasteiger partial charge in [-0.15, -0.1) is 6.42 Å². The molecule has 0 N–H and O–H groups in total. The third-order valence-electron chi connectivity index (χ3n) is 4.06. The SMILES string of the molecule is C#C/C=C\C.C/C=C(\CCC)N(C)c1ccc2ccccc2c1C. The average molecular weight is 319 g/mol. The monoisotopic (exact) mass is 319 g/mol. The number of hydrogen-bond acceptors (Lipinski definition) is 1. The molecule has 0 atom stereocenters. The highest BCUT2D eigenvalue weighted by Crippen LogP contribution is 2.30. The van der Waals surface area contributed by atoms with Gasteiger partial charge < -0.3 is 4.90 Å². The lowest BCUT2D eigenvalue weighted by molar-refractivity contribution is 0.856. The fraction of sp³-hybridized carbons (Fsp3) is 0.304. The van der Waals surface area contributed by atoms with Crippen LogP contribution >= 0.6 is 0 Å². The molecule has 0 aliphatic heterocycles. The molecular formula is C23H29N. The van der Waals surface area contributed by atoms with E-state index in [-0.39, 0.29) is 0 Å². The van der Waals surface area contributed by atoms with Crippen molar-refractivity contribution in [1.82, 2.24) is 0 Å². The van der Waals surface area contributed by atoms with E-state index in [1.165, 1.54) is 34.1 Å². The van der Waals surface area contributed by atoms with Gasteiger partial charge in [0, 0.05) is 18.4 Å². The lowest BCUT2D eigenvalue weighted by Gasteiger charge is -2.25. The van der Waals surface area contributed by atoms with Gasteiger partial charge in [-0.05, 0) is 55.7 Å². The van der Waals surface area contributed by atoms with E-state index in [1.54, 1.807) is 6.08 Å². The predicted molar refractivity (Wildman–Crippen MR) is 109 cm³/mol. The van der Waals surface area contributed by atoms with Crippen molar-refractivity contribution in [3.05, 3.63) is 65.9 Å². The van der Waals surface area contributed by atoms with Gasteiger partial charge >= 0.3 is 0 Å². The summed E-state index contributed by atoms with van der Waals surface area (Å²) in [4.78, 5) is 2.32. The number of hydrogen-bond donors (Lipinski definition) is 0. The van der Waals surface area contributed by atoms with Crippen molar-refractivity contribution in [3.8, 4) is 12.3 Å². The molecule has 0 aliphatic rings. The molecule has 126 valence electrons. The molecule has 0 aromatic heterocycles. The molecule has 0 unspecified atom stereocenters. The minimum absolute atomic E-state index is 1.12. The zero-order valence-corrected chi connectivity index (χ0v) is 15.6. The topological polar surface area (TPSA) is 3.24 Å². The number of benzene rings is 2. The lowest BCUT2D eigenvalue weighted by atomic mass is 10.0. The molecule has 0 aliphatic carbocycles. The van der Waals surface area contributed by atoms with Crippen molar-refractivity contribution in [2.45, 2.75) is 40.5 Å². The van der Waals surface area contributed by atoms with Gasteiger partial charge in [0.1, 0.15) is 0 Å². The van der Waals surface area contributed by atoms with E-state index >= 15 is 0 Å². The second-order valence-corrected chi connectivity index (χ2v) is 5.69. The van der Waals surface area contributed by atoms with Crippen LogP contribution in [0.2, 0.25) is 0 Å². The Bertz CT molecular complexity index is 744. The molecular weight excluding hydrogens is 290 g/mol. The number of aryl methyl sites for hydroxylation is 1. The largest absolute Gasteiger partial charge is 0.348 e. The van der Waals surface area contributed by atoms with E-state index in [2.05, 4.69) is 81.1 Å². The molecule has 0 amide bonds. The van der Waals surface area contributed by atoms with Crippen LogP contribution < -0.4 is 4.90 Å². The molecule has 0 heterocycles. The smallest absolute Gasteiger partial charge is 0.0441 e. The number of terminal acetylenes is 1. The zero-order valence-electron chi connectivity index (χ0n) is 15.6. The van der Waals surface area contributed by atoms with Crippen molar-refractivity contribution in [2.75, 3.05) is 11.9 Å². The van der Waals surface area contributed by atoms with Gasteiger partial charge in [-0.3, -0.25) is 0 Å². The Labute approximate surface area is 147 Å². The van der Waals surface area contributed by atoms with Crippen LogP contribution in [-0.4, -0.2) is 7.05 Å². The van der Waals surface area contributed by atoms with Gasteiger partial charge in [0.2, 0.25) is 0 Å². The molecule has 24 heavy (non-hydrogen) atoms.